The zero-order valence-corrected chi connectivity index (χ0v) is 14.7. The molecule has 0 aliphatic heterocycles. The molecule has 0 spiro atoms. The van der Waals surface area contributed by atoms with Crippen molar-refractivity contribution < 1.29 is 9.53 Å². The number of rotatable bonds is 6. The number of anilines is 2. The van der Waals surface area contributed by atoms with Crippen molar-refractivity contribution in [3.8, 4) is 5.75 Å². The summed E-state index contributed by atoms with van der Waals surface area (Å²) in [5, 5.41) is 14.1. The van der Waals surface area contributed by atoms with Gasteiger partial charge in [-0.2, -0.15) is 0 Å². The first-order valence-electron chi connectivity index (χ1n) is 8.23. The van der Waals surface area contributed by atoms with Crippen LogP contribution in [0.25, 0.3) is 0 Å². The summed E-state index contributed by atoms with van der Waals surface area (Å²) in [7, 11) is 1.53. The molecule has 6 nitrogen and oxygen atoms in total. The summed E-state index contributed by atoms with van der Waals surface area (Å²) >= 11 is 0. The molecule has 1 heterocycles. The van der Waals surface area contributed by atoms with Crippen LogP contribution >= 0.6 is 0 Å². The van der Waals surface area contributed by atoms with Crippen molar-refractivity contribution in [2.75, 3.05) is 17.7 Å². The summed E-state index contributed by atoms with van der Waals surface area (Å²) in [5.74, 6) is 1.23. The Morgan fingerprint density at radius 3 is 2.50 bits per heavy atom. The Morgan fingerprint density at radius 2 is 1.77 bits per heavy atom. The number of aromatic nitrogens is 2. The molecule has 6 heteroatoms. The van der Waals surface area contributed by atoms with E-state index in [2.05, 4.69) is 46.0 Å². The number of amides is 1. The number of nitrogens with one attached hydrogen (secondary N) is 2. The molecule has 0 radical (unpaired) electrons. The zero-order valence-electron chi connectivity index (χ0n) is 14.7. The Balaban J connectivity index is 1.61. The van der Waals surface area contributed by atoms with Gasteiger partial charge in [0.25, 0.3) is 5.91 Å². The fraction of sp³-hybridized carbons (Fsp3) is 0.150. The van der Waals surface area contributed by atoms with Gasteiger partial charge in [-0.15, -0.1) is 10.2 Å². The van der Waals surface area contributed by atoms with Gasteiger partial charge in [0.15, 0.2) is 5.82 Å². The Kier molecular flexibility index (Phi) is 5.43. The van der Waals surface area contributed by atoms with E-state index < -0.39 is 0 Å². The number of carbonyl (C=O) groups is 1. The van der Waals surface area contributed by atoms with Gasteiger partial charge in [0, 0.05) is 6.54 Å². The van der Waals surface area contributed by atoms with E-state index in [9.17, 15) is 4.79 Å². The highest BCUT2D eigenvalue weighted by Crippen LogP contribution is 2.18. The van der Waals surface area contributed by atoms with Crippen LogP contribution in [0.15, 0.2) is 60.7 Å². The van der Waals surface area contributed by atoms with Gasteiger partial charge in [-0.05, 0) is 36.8 Å². The van der Waals surface area contributed by atoms with Crippen LogP contribution in [0.2, 0.25) is 0 Å². The van der Waals surface area contributed by atoms with Crippen LogP contribution < -0.4 is 15.4 Å². The molecule has 3 rings (SSSR count). The maximum absolute atomic E-state index is 12.3. The molecule has 0 unspecified atom stereocenters. The van der Waals surface area contributed by atoms with Crippen LogP contribution in [-0.4, -0.2) is 23.2 Å². The Labute approximate surface area is 152 Å². The first kappa shape index (κ1) is 17.4. The second-order valence-electron chi connectivity index (χ2n) is 5.80. The fourth-order valence-corrected chi connectivity index (χ4v) is 2.52. The second kappa shape index (κ2) is 8.11. The van der Waals surface area contributed by atoms with Gasteiger partial charge < -0.3 is 15.4 Å². The molecule has 2 N–H and O–H groups in total. The van der Waals surface area contributed by atoms with Gasteiger partial charge in [0.05, 0.1) is 12.7 Å². The van der Waals surface area contributed by atoms with E-state index in [-0.39, 0.29) is 5.91 Å². The van der Waals surface area contributed by atoms with Crippen molar-refractivity contribution >= 4 is 17.5 Å². The standard InChI is InChI=1S/C20H20N4O2/c1-14-6-5-7-15(12-14)13-21-18-10-11-19(24-23-18)22-20(25)16-8-3-4-9-17(16)26-2/h3-12H,13H2,1-2H3,(H,21,23)(H,22,24,25). The van der Waals surface area contributed by atoms with E-state index >= 15 is 0 Å². The predicted molar refractivity (Wildman–Crippen MR) is 101 cm³/mol. The van der Waals surface area contributed by atoms with Crippen LogP contribution in [-0.2, 0) is 6.54 Å². The Morgan fingerprint density at radius 1 is 1.00 bits per heavy atom. The van der Waals surface area contributed by atoms with E-state index in [4.69, 9.17) is 4.74 Å². The average molecular weight is 348 g/mol. The molecule has 0 bridgehead atoms. The molecule has 0 aliphatic carbocycles. The van der Waals surface area contributed by atoms with Gasteiger partial charge in [-0.3, -0.25) is 4.79 Å². The highest BCUT2D eigenvalue weighted by atomic mass is 16.5. The Hall–Kier alpha value is -3.41. The molecule has 1 amide bonds. The van der Waals surface area contributed by atoms with Crippen LogP contribution in [0.1, 0.15) is 21.5 Å². The first-order chi connectivity index (χ1) is 12.7. The fourth-order valence-electron chi connectivity index (χ4n) is 2.52. The van der Waals surface area contributed by atoms with Crippen molar-refractivity contribution in [3.05, 3.63) is 77.4 Å². The molecule has 0 aliphatic rings. The van der Waals surface area contributed by atoms with Gasteiger partial charge in [-0.1, -0.05) is 42.0 Å². The lowest BCUT2D eigenvalue weighted by Crippen LogP contribution is -2.14. The lowest BCUT2D eigenvalue weighted by molar-refractivity contribution is 0.102. The molecule has 1 aromatic heterocycles. The number of ether oxygens (including phenoxy) is 1. The number of benzene rings is 2. The van der Waals surface area contributed by atoms with E-state index in [1.54, 1.807) is 30.3 Å². The average Bonchev–Trinajstić information content (AvgIpc) is 2.67. The quantitative estimate of drug-likeness (QED) is 0.711. The van der Waals surface area contributed by atoms with Crippen LogP contribution in [0, 0.1) is 6.92 Å². The van der Waals surface area contributed by atoms with Gasteiger partial charge in [0.2, 0.25) is 0 Å². The largest absolute Gasteiger partial charge is 0.496 e. The number of para-hydroxylation sites is 1. The molecule has 132 valence electrons. The molecular weight excluding hydrogens is 328 g/mol. The topological polar surface area (TPSA) is 76.1 Å². The van der Waals surface area contributed by atoms with E-state index in [1.807, 2.05) is 12.1 Å². The highest BCUT2D eigenvalue weighted by molar-refractivity contribution is 6.05. The highest BCUT2D eigenvalue weighted by Gasteiger charge is 2.12. The maximum Gasteiger partial charge on any atom is 0.260 e. The molecule has 26 heavy (non-hydrogen) atoms. The lowest BCUT2D eigenvalue weighted by Gasteiger charge is -2.09. The van der Waals surface area contributed by atoms with E-state index in [0.29, 0.717) is 29.5 Å². The SMILES string of the molecule is COc1ccccc1C(=O)Nc1ccc(NCc2cccc(C)c2)nn1. The minimum absolute atomic E-state index is 0.294. The van der Waals surface area contributed by atoms with Crippen LogP contribution in [0.3, 0.4) is 0 Å². The summed E-state index contributed by atoms with van der Waals surface area (Å²) in [5.41, 5.74) is 2.82. The third-order valence-electron chi connectivity index (χ3n) is 3.81. The summed E-state index contributed by atoms with van der Waals surface area (Å²) < 4.78 is 5.20. The van der Waals surface area contributed by atoms with Gasteiger partial charge in [-0.25, -0.2) is 0 Å². The summed E-state index contributed by atoms with van der Waals surface area (Å²) in [6, 6.07) is 18.7. The number of nitrogens with zero attached hydrogens (tertiary/aromatic N) is 2. The van der Waals surface area contributed by atoms with Crippen LogP contribution in [0.4, 0.5) is 11.6 Å². The summed E-state index contributed by atoms with van der Waals surface area (Å²) in [6.45, 7) is 2.71. The molecule has 0 saturated carbocycles. The van der Waals surface area contributed by atoms with Gasteiger partial charge in [0.1, 0.15) is 11.6 Å². The van der Waals surface area contributed by atoms with Crippen molar-refractivity contribution in [1.82, 2.24) is 10.2 Å². The van der Waals surface area contributed by atoms with Crippen molar-refractivity contribution in [1.29, 1.82) is 0 Å². The third-order valence-corrected chi connectivity index (χ3v) is 3.81. The monoisotopic (exact) mass is 348 g/mol. The molecular formula is C20H20N4O2. The minimum atomic E-state index is -0.294. The Bertz CT molecular complexity index is 894. The van der Waals surface area contributed by atoms with Crippen molar-refractivity contribution in [2.45, 2.75) is 13.5 Å². The van der Waals surface area contributed by atoms with E-state index in [1.165, 1.54) is 18.2 Å². The number of carbonyl (C=O) groups excluding carboxylic acids is 1. The third kappa shape index (κ3) is 4.36. The minimum Gasteiger partial charge on any atom is -0.496 e. The van der Waals surface area contributed by atoms with Crippen LogP contribution in [0.5, 0.6) is 5.75 Å². The van der Waals surface area contributed by atoms with Crippen molar-refractivity contribution in [3.63, 3.8) is 0 Å². The molecule has 2 aromatic carbocycles. The number of aryl methyl sites for hydroxylation is 1. The molecule has 0 fully saturated rings. The smallest absolute Gasteiger partial charge is 0.260 e. The number of hydrogen-bond acceptors (Lipinski definition) is 5. The molecule has 0 saturated heterocycles. The summed E-state index contributed by atoms with van der Waals surface area (Å²) in [4.78, 5) is 12.3. The lowest BCUT2D eigenvalue weighted by atomic mass is 10.1. The number of hydrogen-bond donors (Lipinski definition) is 2. The zero-order chi connectivity index (χ0) is 18.4. The second-order valence-corrected chi connectivity index (χ2v) is 5.80. The van der Waals surface area contributed by atoms with Gasteiger partial charge >= 0.3 is 0 Å². The first-order valence-corrected chi connectivity index (χ1v) is 8.23. The maximum atomic E-state index is 12.3. The van der Waals surface area contributed by atoms with Crippen molar-refractivity contribution in [2.24, 2.45) is 0 Å². The predicted octanol–water partition coefficient (Wildman–Crippen LogP) is 3.66. The molecule has 0 atom stereocenters. The summed E-state index contributed by atoms with van der Waals surface area (Å²) in [6.07, 6.45) is 0. The van der Waals surface area contributed by atoms with E-state index in [0.717, 1.165) is 0 Å². The normalized spacial score (nSPS) is 10.2. The molecule has 3 aromatic rings. The number of methoxy groups -OCH3 is 1.